The van der Waals surface area contributed by atoms with Gasteiger partial charge in [0.2, 0.25) is 6.79 Å². The van der Waals surface area contributed by atoms with Gasteiger partial charge in [-0.3, -0.25) is 0 Å². The van der Waals surface area contributed by atoms with E-state index in [2.05, 4.69) is 11.2 Å². The summed E-state index contributed by atoms with van der Waals surface area (Å²) in [5.74, 6) is 0. The molecule has 0 aromatic heterocycles. The lowest BCUT2D eigenvalue weighted by molar-refractivity contribution is -0.695. The predicted molar refractivity (Wildman–Crippen MR) is 80.9 cm³/mol. The molecular formula is C15H18N4O4+2. The third kappa shape index (κ3) is 6.64. The van der Waals surface area contributed by atoms with Crippen LogP contribution in [0.3, 0.4) is 0 Å². The normalized spacial score (nSPS) is 10.1. The van der Waals surface area contributed by atoms with Crippen molar-refractivity contribution in [1.29, 1.82) is 0 Å². The number of rotatable bonds is 10. The van der Waals surface area contributed by atoms with Crippen LogP contribution in [0.5, 0.6) is 0 Å². The summed E-state index contributed by atoms with van der Waals surface area (Å²) >= 11 is 0. The number of hydrogen-bond donors (Lipinski definition) is 2. The Bertz CT molecular complexity index is 566. The van der Waals surface area contributed by atoms with Crippen molar-refractivity contribution >= 4 is 0 Å². The summed E-state index contributed by atoms with van der Waals surface area (Å²) in [6.45, 7) is -0.0764. The maximum absolute atomic E-state index is 11.5. The fourth-order valence-electron chi connectivity index (χ4n) is 1.79. The van der Waals surface area contributed by atoms with Gasteiger partial charge in [-0.2, -0.15) is 9.68 Å². The molecule has 0 saturated heterocycles. The van der Waals surface area contributed by atoms with Gasteiger partial charge in [0.05, 0.1) is 9.81 Å². The van der Waals surface area contributed by atoms with Gasteiger partial charge < -0.3 is 0 Å². The molecule has 0 saturated carbocycles. The molecule has 8 nitrogen and oxygen atoms in total. The molecule has 0 atom stereocenters. The molecule has 120 valence electrons. The van der Waals surface area contributed by atoms with E-state index in [0.717, 1.165) is 11.1 Å². The number of benzene rings is 2. The highest BCUT2D eigenvalue weighted by molar-refractivity contribution is 5.13. The van der Waals surface area contributed by atoms with Gasteiger partial charge in [-0.15, -0.1) is 0 Å². The van der Waals surface area contributed by atoms with Crippen LogP contribution in [0.1, 0.15) is 11.1 Å². The van der Waals surface area contributed by atoms with Crippen molar-refractivity contribution < 1.29 is 19.4 Å². The molecule has 2 N–H and O–H groups in total. The second kappa shape index (κ2) is 9.23. The van der Waals surface area contributed by atoms with E-state index in [1.54, 1.807) is 0 Å². The highest BCUT2D eigenvalue weighted by atomic mass is 16.8. The first-order chi connectivity index (χ1) is 11.2. The van der Waals surface area contributed by atoms with Gasteiger partial charge in [0.25, 0.3) is 13.1 Å². The first-order valence-corrected chi connectivity index (χ1v) is 6.96. The topological polar surface area (TPSA) is 82.7 Å². The quantitative estimate of drug-likeness (QED) is 0.301. The summed E-state index contributed by atoms with van der Waals surface area (Å²) in [6, 6.07) is 18.4. The molecule has 0 aliphatic rings. The van der Waals surface area contributed by atoms with E-state index in [-0.39, 0.29) is 19.9 Å². The van der Waals surface area contributed by atoms with Crippen molar-refractivity contribution in [3.63, 3.8) is 0 Å². The van der Waals surface area contributed by atoms with E-state index in [9.17, 15) is 9.81 Å². The molecule has 0 bridgehead atoms. The van der Waals surface area contributed by atoms with Crippen LogP contribution in [0, 0.1) is 9.81 Å². The standard InChI is InChI=1S/C15H18N4O4/c20-18(11-14-7-3-1-4-8-14)16-22-13-23-17-19(21)12-15-9-5-2-6-10-15/h1-10H,11-13H2,(H,16,20)(H,17,21)/q+2. The van der Waals surface area contributed by atoms with Crippen molar-refractivity contribution in [3.05, 3.63) is 81.6 Å². The molecule has 0 unspecified atom stereocenters. The average molecular weight is 318 g/mol. The molecule has 2 aromatic carbocycles. The fourth-order valence-corrected chi connectivity index (χ4v) is 1.79. The Balaban J connectivity index is 1.55. The van der Waals surface area contributed by atoms with Crippen LogP contribution in [-0.4, -0.2) is 16.5 Å². The molecule has 0 fully saturated rings. The summed E-state index contributed by atoms with van der Waals surface area (Å²) in [5.41, 5.74) is 5.97. The maximum atomic E-state index is 11.5. The Morgan fingerprint density at radius 1 is 0.696 bits per heavy atom. The number of hydrogen-bond acceptors (Lipinski definition) is 4. The second-order valence-electron chi connectivity index (χ2n) is 4.63. The number of nitroso groups, excluding NO2 is 2. The molecule has 0 radical (unpaired) electrons. The lowest BCUT2D eigenvalue weighted by atomic mass is 10.2. The van der Waals surface area contributed by atoms with E-state index < -0.39 is 0 Å². The number of hydrazine groups is 2. The van der Waals surface area contributed by atoms with Gasteiger partial charge in [-0.25, -0.2) is 0 Å². The first-order valence-electron chi connectivity index (χ1n) is 6.96. The van der Waals surface area contributed by atoms with Crippen molar-refractivity contribution in [2.45, 2.75) is 13.1 Å². The molecule has 0 spiro atoms. The van der Waals surface area contributed by atoms with Gasteiger partial charge >= 0.3 is 0 Å². The largest absolute Gasteiger partial charge is 0.252 e. The lowest BCUT2D eigenvalue weighted by Gasteiger charge is -2.00. The fraction of sp³-hybridized carbons (Fsp3) is 0.200. The van der Waals surface area contributed by atoms with Gasteiger partial charge in [0.15, 0.2) is 0 Å². The van der Waals surface area contributed by atoms with Crippen LogP contribution >= 0.6 is 0 Å². The molecule has 0 amide bonds. The van der Waals surface area contributed by atoms with Crippen LogP contribution < -0.4 is 11.2 Å². The van der Waals surface area contributed by atoms with Crippen LogP contribution in [0.4, 0.5) is 0 Å². The Hall–Kier alpha value is -2.84. The van der Waals surface area contributed by atoms with Crippen LogP contribution in [0.15, 0.2) is 60.7 Å². The van der Waals surface area contributed by atoms with Gasteiger partial charge in [0, 0.05) is 11.1 Å². The van der Waals surface area contributed by atoms with Crippen LogP contribution in [-0.2, 0) is 22.8 Å². The molecule has 2 aromatic rings. The Kier molecular flexibility index (Phi) is 6.64. The van der Waals surface area contributed by atoms with Crippen molar-refractivity contribution in [2.24, 2.45) is 0 Å². The SMILES string of the molecule is O=[N+](Cc1ccccc1)NOCON[N+](=O)Cc1ccccc1. The molecular weight excluding hydrogens is 300 g/mol. The third-order valence-electron chi connectivity index (χ3n) is 2.79. The lowest BCUT2D eigenvalue weighted by Crippen LogP contribution is -2.32. The predicted octanol–water partition coefficient (Wildman–Crippen LogP) is 1.77. The zero-order valence-corrected chi connectivity index (χ0v) is 12.4. The highest BCUT2D eigenvalue weighted by Crippen LogP contribution is 1.99. The minimum absolute atomic E-state index is 0.121. The van der Waals surface area contributed by atoms with Gasteiger partial charge in [-0.1, -0.05) is 60.7 Å². The van der Waals surface area contributed by atoms with Crippen molar-refractivity contribution in [2.75, 3.05) is 6.79 Å². The summed E-state index contributed by atoms with van der Waals surface area (Å²) in [6.07, 6.45) is 0. The number of nitrogens with zero attached hydrogens (tertiary/aromatic N) is 2. The maximum Gasteiger partial charge on any atom is 0.252 e. The number of nitrogens with one attached hydrogen (secondary N) is 2. The van der Waals surface area contributed by atoms with Crippen LogP contribution in [0.2, 0.25) is 0 Å². The molecule has 8 heteroatoms. The highest BCUT2D eigenvalue weighted by Gasteiger charge is 2.11. The monoisotopic (exact) mass is 318 g/mol. The van der Waals surface area contributed by atoms with E-state index in [4.69, 9.17) is 9.68 Å². The van der Waals surface area contributed by atoms with E-state index in [1.807, 2.05) is 60.7 Å². The van der Waals surface area contributed by atoms with Gasteiger partial charge in [0.1, 0.15) is 9.74 Å². The molecule has 0 heterocycles. The Labute approximate surface area is 133 Å². The zero-order chi connectivity index (χ0) is 16.3. The third-order valence-corrected chi connectivity index (χ3v) is 2.79. The molecule has 0 aliphatic heterocycles. The minimum atomic E-state index is -0.318. The van der Waals surface area contributed by atoms with E-state index in [0.29, 0.717) is 9.74 Å². The van der Waals surface area contributed by atoms with E-state index >= 15 is 0 Å². The summed E-state index contributed by atoms with van der Waals surface area (Å²) < 4.78 is 0. The van der Waals surface area contributed by atoms with Crippen LogP contribution in [0.25, 0.3) is 0 Å². The summed E-state index contributed by atoms with van der Waals surface area (Å²) in [4.78, 5) is 33.6. The van der Waals surface area contributed by atoms with Crippen molar-refractivity contribution in [3.8, 4) is 0 Å². The zero-order valence-electron chi connectivity index (χ0n) is 12.4. The Morgan fingerprint density at radius 3 is 1.48 bits per heavy atom. The smallest absolute Gasteiger partial charge is 0.193 e. The second-order valence-corrected chi connectivity index (χ2v) is 4.63. The molecule has 23 heavy (non-hydrogen) atoms. The first kappa shape index (κ1) is 16.5. The van der Waals surface area contributed by atoms with Crippen molar-refractivity contribution in [1.82, 2.24) is 11.2 Å². The average Bonchev–Trinajstić information content (AvgIpc) is 2.56. The minimum Gasteiger partial charge on any atom is -0.193 e. The molecule has 0 aliphatic carbocycles. The Morgan fingerprint density at radius 2 is 1.09 bits per heavy atom. The summed E-state index contributed by atoms with van der Waals surface area (Å²) in [7, 11) is 0. The molecule has 2 rings (SSSR count). The van der Waals surface area contributed by atoms with Gasteiger partial charge in [-0.05, 0) is 11.2 Å². The summed E-state index contributed by atoms with van der Waals surface area (Å²) in [5, 5.41) is 0. The van der Waals surface area contributed by atoms with E-state index in [1.165, 1.54) is 0 Å².